The van der Waals surface area contributed by atoms with Crippen LogP contribution >= 0.6 is 11.8 Å². The van der Waals surface area contributed by atoms with Crippen LogP contribution in [0.5, 0.6) is 0 Å². The number of benzene rings is 2. The number of hydrogen-bond acceptors (Lipinski definition) is 6. The molecule has 1 spiro atoms. The summed E-state index contributed by atoms with van der Waals surface area (Å²) in [6.45, 7) is 6.42. The summed E-state index contributed by atoms with van der Waals surface area (Å²) < 4.78 is 3.94. The highest BCUT2D eigenvalue weighted by atomic mass is 32.2. The highest BCUT2D eigenvalue weighted by molar-refractivity contribution is 8.02. The maximum absolute atomic E-state index is 14.8. The zero-order chi connectivity index (χ0) is 28.2. The fourth-order valence-corrected chi connectivity index (χ4v) is 9.36. The van der Waals surface area contributed by atoms with Crippen molar-refractivity contribution in [3.8, 4) is 0 Å². The van der Waals surface area contributed by atoms with Crippen molar-refractivity contribution < 1.29 is 24.2 Å². The highest BCUT2D eigenvalue weighted by Crippen LogP contribution is 2.65. The lowest BCUT2D eigenvalue weighted by Gasteiger charge is -2.40. The number of carbonyl (C=O) groups excluding carboxylic acids is 3. The second-order valence-corrected chi connectivity index (χ2v) is 13.7. The number of cyclic esters (lactones) is 1. The van der Waals surface area contributed by atoms with Gasteiger partial charge < -0.3 is 19.6 Å². The van der Waals surface area contributed by atoms with E-state index in [0.29, 0.717) is 19.4 Å². The van der Waals surface area contributed by atoms with Crippen LogP contribution in [-0.2, 0) is 19.1 Å². The van der Waals surface area contributed by atoms with Crippen molar-refractivity contribution >= 4 is 46.0 Å². The third-order valence-corrected chi connectivity index (χ3v) is 10.6. The number of ether oxygens (including phenoxy) is 1. The van der Waals surface area contributed by atoms with E-state index in [1.54, 1.807) is 9.80 Å². The van der Waals surface area contributed by atoms with Crippen LogP contribution in [0.25, 0.3) is 10.8 Å². The number of carbonyl (C=O) groups is 3. The van der Waals surface area contributed by atoms with E-state index in [4.69, 9.17) is 4.74 Å². The summed E-state index contributed by atoms with van der Waals surface area (Å²) in [5.41, 5.74) is 0.755. The molecule has 1 N–H and O–H groups in total. The molecule has 0 bridgehead atoms. The third-order valence-electron chi connectivity index (χ3n) is 8.85. The molecule has 7 nitrogen and oxygen atoms in total. The van der Waals surface area contributed by atoms with Gasteiger partial charge in [0.05, 0.1) is 35.8 Å². The molecule has 40 heavy (non-hydrogen) atoms. The summed E-state index contributed by atoms with van der Waals surface area (Å²) in [7, 11) is 0. The van der Waals surface area contributed by atoms with Gasteiger partial charge in [-0.25, -0.2) is 0 Å². The van der Waals surface area contributed by atoms with Crippen molar-refractivity contribution in [3.05, 3.63) is 66.8 Å². The number of anilines is 1. The molecule has 1 unspecified atom stereocenters. The van der Waals surface area contributed by atoms with E-state index in [-0.39, 0.29) is 30.9 Å². The van der Waals surface area contributed by atoms with Gasteiger partial charge in [-0.1, -0.05) is 68.5 Å². The van der Waals surface area contributed by atoms with Gasteiger partial charge in [-0.05, 0) is 48.6 Å². The Morgan fingerprint density at radius 1 is 1.02 bits per heavy atom. The second kappa shape index (κ2) is 10.1. The SMILES string of the molecule is CC(C)C[C@H](CO)N1C(=O)[C@@H]2[C@@H]3C(=O)OCCC=C[C@]3(C)S[C@@]23C=CCN(c2ccc4ccccc4c2)C(=O)C13. The van der Waals surface area contributed by atoms with Gasteiger partial charge in [-0.2, -0.15) is 0 Å². The minimum atomic E-state index is -0.975. The van der Waals surface area contributed by atoms with E-state index >= 15 is 0 Å². The van der Waals surface area contributed by atoms with Gasteiger partial charge in [-0.3, -0.25) is 14.4 Å². The van der Waals surface area contributed by atoms with Crippen LogP contribution in [0.2, 0.25) is 0 Å². The van der Waals surface area contributed by atoms with E-state index in [9.17, 15) is 19.5 Å². The smallest absolute Gasteiger partial charge is 0.311 e. The molecule has 2 aromatic rings. The van der Waals surface area contributed by atoms with Gasteiger partial charge in [0.15, 0.2) is 0 Å². The van der Waals surface area contributed by atoms with Crippen LogP contribution in [0.4, 0.5) is 5.69 Å². The molecular formula is C32H36N2O5S. The molecule has 8 heteroatoms. The Labute approximate surface area is 239 Å². The van der Waals surface area contributed by atoms with Crippen LogP contribution < -0.4 is 4.90 Å². The third kappa shape index (κ3) is 4.10. The van der Waals surface area contributed by atoms with Crippen molar-refractivity contribution in [1.82, 2.24) is 4.90 Å². The molecule has 2 saturated heterocycles. The topological polar surface area (TPSA) is 87.2 Å². The Morgan fingerprint density at radius 2 is 1.80 bits per heavy atom. The largest absolute Gasteiger partial charge is 0.465 e. The number of rotatable bonds is 5. The van der Waals surface area contributed by atoms with E-state index < -0.39 is 39.4 Å². The lowest BCUT2D eigenvalue weighted by Crippen LogP contribution is -2.57. The van der Waals surface area contributed by atoms with Crippen LogP contribution in [0, 0.1) is 17.8 Å². The minimum absolute atomic E-state index is 0.193. The van der Waals surface area contributed by atoms with E-state index in [0.717, 1.165) is 16.5 Å². The maximum Gasteiger partial charge on any atom is 0.311 e. The number of nitrogens with zero attached hydrogens (tertiary/aromatic N) is 2. The number of esters is 1. The zero-order valence-corrected chi connectivity index (χ0v) is 24.0. The normalized spacial score (nSPS) is 32.4. The molecule has 2 amide bonds. The molecule has 6 atom stereocenters. The molecule has 4 aliphatic heterocycles. The van der Waals surface area contributed by atoms with Gasteiger partial charge in [-0.15, -0.1) is 11.8 Å². The summed E-state index contributed by atoms with van der Waals surface area (Å²) in [4.78, 5) is 46.1. The summed E-state index contributed by atoms with van der Waals surface area (Å²) in [6.07, 6.45) is 9.18. The number of hydrogen-bond donors (Lipinski definition) is 1. The molecule has 0 aromatic heterocycles. The Kier molecular flexibility index (Phi) is 6.82. The van der Waals surface area contributed by atoms with E-state index in [1.165, 1.54) is 11.8 Å². The number of likely N-dealkylation sites (tertiary alicyclic amines) is 1. The first-order valence-corrected chi connectivity index (χ1v) is 15.0. The molecule has 4 heterocycles. The zero-order valence-electron chi connectivity index (χ0n) is 23.2. The Balaban J connectivity index is 1.51. The predicted octanol–water partition coefficient (Wildman–Crippen LogP) is 4.34. The molecule has 210 valence electrons. The van der Waals surface area contributed by atoms with Crippen LogP contribution in [0.1, 0.15) is 33.6 Å². The average Bonchev–Trinajstić information content (AvgIpc) is 3.25. The molecule has 6 rings (SSSR count). The number of aliphatic hydroxyl groups is 1. The molecule has 2 aromatic carbocycles. The summed E-state index contributed by atoms with van der Waals surface area (Å²) in [5.74, 6) is -2.16. The first kappa shape index (κ1) is 27.1. The first-order chi connectivity index (χ1) is 19.2. The second-order valence-electron chi connectivity index (χ2n) is 11.9. The lowest BCUT2D eigenvalue weighted by molar-refractivity contribution is -0.154. The van der Waals surface area contributed by atoms with Crippen LogP contribution in [0.15, 0.2) is 66.8 Å². The van der Waals surface area contributed by atoms with Crippen molar-refractivity contribution in [1.29, 1.82) is 0 Å². The summed E-state index contributed by atoms with van der Waals surface area (Å²) in [5, 5.41) is 12.6. The minimum Gasteiger partial charge on any atom is -0.465 e. The van der Waals surface area contributed by atoms with Crippen molar-refractivity contribution in [2.24, 2.45) is 17.8 Å². The van der Waals surface area contributed by atoms with Crippen molar-refractivity contribution in [3.63, 3.8) is 0 Å². The monoisotopic (exact) mass is 560 g/mol. The molecule has 0 aliphatic carbocycles. The summed E-state index contributed by atoms with van der Waals surface area (Å²) >= 11 is 1.53. The predicted molar refractivity (Wildman–Crippen MR) is 157 cm³/mol. The molecule has 2 fully saturated rings. The van der Waals surface area contributed by atoms with Crippen LogP contribution in [-0.4, -0.2) is 69.1 Å². The van der Waals surface area contributed by atoms with E-state index in [1.807, 2.05) is 87.5 Å². The molecule has 0 radical (unpaired) electrons. The van der Waals surface area contributed by atoms with Gasteiger partial charge in [0.25, 0.3) is 5.91 Å². The first-order valence-electron chi connectivity index (χ1n) is 14.2. The maximum atomic E-state index is 14.8. The molecular weight excluding hydrogens is 524 g/mol. The average molecular weight is 561 g/mol. The van der Waals surface area contributed by atoms with Crippen LogP contribution in [0.3, 0.4) is 0 Å². The number of aliphatic hydroxyl groups excluding tert-OH is 1. The fraction of sp³-hybridized carbons (Fsp3) is 0.469. The highest BCUT2D eigenvalue weighted by Gasteiger charge is 2.74. The fourth-order valence-electron chi connectivity index (χ4n) is 7.22. The summed E-state index contributed by atoms with van der Waals surface area (Å²) in [6, 6.07) is 12.6. The van der Waals surface area contributed by atoms with Gasteiger partial charge in [0.2, 0.25) is 5.91 Å². The van der Waals surface area contributed by atoms with E-state index in [2.05, 4.69) is 0 Å². The van der Waals surface area contributed by atoms with Crippen molar-refractivity contribution in [2.45, 2.75) is 55.2 Å². The van der Waals surface area contributed by atoms with Gasteiger partial charge >= 0.3 is 5.97 Å². The number of fused-ring (bicyclic) bond motifs is 3. The lowest BCUT2D eigenvalue weighted by atomic mass is 9.74. The molecule has 0 saturated carbocycles. The molecule has 4 aliphatic rings. The Hall–Kier alpha value is -3.10. The van der Waals surface area contributed by atoms with Gasteiger partial charge in [0.1, 0.15) is 6.04 Å². The number of amides is 2. The number of thioether (sulfide) groups is 1. The standard InChI is InChI=1S/C32H36N2O5S/c1-20(2)17-24(19-35)34-27-29(37)33(23-12-11-21-9-4-5-10-22(21)18-23)15-8-14-32(27)25(28(34)36)26-30(38)39-16-7-6-13-31(26,3)40-32/h4-6,8-14,18,20,24-27,35H,7,15-17,19H2,1-3H3/t24-,25+,26-,27?,31+,32+/m1/s1. The van der Waals surface area contributed by atoms with Crippen molar-refractivity contribution in [2.75, 3.05) is 24.7 Å². The quantitative estimate of drug-likeness (QED) is 0.433. The van der Waals surface area contributed by atoms with Gasteiger partial charge in [0, 0.05) is 17.0 Å². The Morgan fingerprint density at radius 3 is 2.55 bits per heavy atom. The Bertz CT molecular complexity index is 1420.